The number of piperidine rings is 3. The van der Waals surface area contributed by atoms with E-state index in [1.165, 1.54) is 30.2 Å². The van der Waals surface area contributed by atoms with Crippen LogP contribution in [0.4, 0.5) is 4.39 Å². The van der Waals surface area contributed by atoms with Gasteiger partial charge in [-0.1, -0.05) is 6.07 Å². The van der Waals surface area contributed by atoms with E-state index < -0.39 is 0 Å². The number of carbonyl (C=O) groups is 1. The van der Waals surface area contributed by atoms with E-state index in [2.05, 4.69) is 10.2 Å². The summed E-state index contributed by atoms with van der Waals surface area (Å²) in [6.07, 6.45) is 2.35. The van der Waals surface area contributed by atoms with E-state index in [4.69, 9.17) is 0 Å². The summed E-state index contributed by atoms with van der Waals surface area (Å²) in [7, 11) is 0. The van der Waals surface area contributed by atoms with Crippen LogP contribution in [0.15, 0.2) is 24.3 Å². The molecule has 1 amide bonds. The van der Waals surface area contributed by atoms with E-state index in [0.29, 0.717) is 16.2 Å². The van der Waals surface area contributed by atoms with Gasteiger partial charge in [0, 0.05) is 22.7 Å². The minimum Gasteiger partial charge on any atom is -0.347 e. The molecule has 1 aromatic carbocycles. The van der Waals surface area contributed by atoms with E-state index in [1.807, 2.05) is 6.07 Å². The fourth-order valence-electron chi connectivity index (χ4n) is 3.51. The average Bonchev–Trinajstić information content (AvgIpc) is 2.94. The van der Waals surface area contributed by atoms with Gasteiger partial charge in [0.05, 0.1) is 4.88 Å². The largest absolute Gasteiger partial charge is 0.347 e. The molecule has 3 fully saturated rings. The van der Waals surface area contributed by atoms with Gasteiger partial charge in [-0.15, -0.1) is 11.3 Å². The molecule has 0 unspecified atom stereocenters. The molecule has 0 aliphatic carbocycles. The molecule has 3 nitrogen and oxygen atoms in total. The first kappa shape index (κ1) is 13.2. The Labute approximate surface area is 126 Å². The minimum absolute atomic E-state index is 0.0608. The monoisotopic (exact) mass is 304 g/mol. The van der Waals surface area contributed by atoms with Crippen molar-refractivity contribution >= 4 is 27.3 Å². The highest BCUT2D eigenvalue weighted by atomic mass is 32.1. The summed E-state index contributed by atoms with van der Waals surface area (Å²) >= 11 is 1.36. The normalized spacial score (nSPS) is 28.0. The molecule has 3 aliphatic heterocycles. The van der Waals surface area contributed by atoms with E-state index >= 15 is 0 Å². The highest BCUT2D eigenvalue weighted by Gasteiger charge is 2.35. The lowest BCUT2D eigenvalue weighted by atomic mass is 9.84. The Morgan fingerprint density at radius 2 is 2.14 bits per heavy atom. The van der Waals surface area contributed by atoms with Crippen molar-refractivity contribution < 1.29 is 9.18 Å². The number of nitrogens with zero attached hydrogens (tertiary/aromatic N) is 1. The van der Waals surface area contributed by atoms with Crippen LogP contribution in [0, 0.1) is 11.7 Å². The second-order valence-electron chi connectivity index (χ2n) is 5.98. The average molecular weight is 304 g/mol. The third kappa shape index (κ3) is 2.34. The number of fused-ring (bicyclic) bond motifs is 4. The molecule has 0 radical (unpaired) electrons. The van der Waals surface area contributed by atoms with Gasteiger partial charge in [-0.3, -0.25) is 4.79 Å². The summed E-state index contributed by atoms with van der Waals surface area (Å²) in [4.78, 5) is 15.4. The lowest BCUT2D eigenvalue weighted by molar-refractivity contribution is 0.0622. The fourth-order valence-corrected chi connectivity index (χ4v) is 4.48. The van der Waals surface area contributed by atoms with E-state index in [-0.39, 0.29) is 17.8 Å². The van der Waals surface area contributed by atoms with Crippen LogP contribution in [0.25, 0.3) is 10.1 Å². The van der Waals surface area contributed by atoms with Crippen molar-refractivity contribution in [2.24, 2.45) is 5.92 Å². The number of carbonyl (C=O) groups excluding carboxylic acids is 1. The molecule has 0 saturated carbocycles. The summed E-state index contributed by atoms with van der Waals surface area (Å²) in [5, 5.41) is 3.70. The topological polar surface area (TPSA) is 32.3 Å². The van der Waals surface area contributed by atoms with E-state index in [9.17, 15) is 9.18 Å². The summed E-state index contributed by atoms with van der Waals surface area (Å²) in [6, 6.07) is 6.89. The number of hydrogen-bond acceptors (Lipinski definition) is 3. The number of amides is 1. The second-order valence-corrected chi connectivity index (χ2v) is 7.06. The Balaban J connectivity index is 1.55. The van der Waals surface area contributed by atoms with E-state index in [0.717, 1.165) is 24.3 Å². The Morgan fingerprint density at radius 3 is 2.81 bits per heavy atom. The molecule has 21 heavy (non-hydrogen) atoms. The molecule has 1 aromatic heterocycles. The quantitative estimate of drug-likeness (QED) is 0.925. The van der Waals surface area contributed by atoms with Gasteiger partial charge in [-0.2, -0.15) is 0 Å². The number of benzene rings is 1. The smallest absolute Gasteiger partial charge is 0.261 e. The Kier molecular flexibility index (Phi) is 3.19. The molecule has 4 heterocycles. The number of thiophene rings is 1. The number of nitrogens with one attached hydrogen (secondary N) is 1. The van der Waals surface area contributed by atoms with Crippen molar-refractivity contribution in [3.63, 3.8) is 0 Å². The zero-order chi connectivity index (χ0) is 14.4. The first-order chi connectivity index (χ1) is 10.2. The zero-order valence-electron chi connectivity index (χ0n) is 11.6. The lowest BCUT2D eigenvalue weighted by Gasteiger charge is -2.44. The summed E-state index contributed by atoms with van der Waals surface area (Å²) in [5.41, 5.74) is 0. The van der Waals surface area contributed by atoms with Gasteiger partial charge in [-0.05, 0) is 50.0 Å². The van der Waals surface area contributed by atoms with Crippen molar-refractivity contribution in [2.75, 3.05) is 19.6 Å². The maximum Gasteiger partial charge on any atom is 0.261 e. The highest BCUT2D eigenvalue weighted by Crippen LogP contribution is 2.30. The molecule has 0 spiro atoms. The molecule has 3 aliphatic rings. The molecule has 3 saturated heterocycles. The van der Waals surface area contributed by atoms with Gasteiger partial charge in [0.1, 0.15) is 5.82 Å². The van der Waals surface area contributed by atoms with Crippen LogP contribution in [0.3, 0.4) is 0 Å². The van der Waals surface area contributed by atoms with Gasteiger partial charge in [-0.25, -0.2) is 4.39 Å². The zero-order valence-corrected chi connectivity index (χ0v) is 12.5. The second kappa shape index (κ2) is 5.07. The van der Waals surface area contributed by atoms with Crippen molar-refractivity contribution in [3.05, 3.63) is 35.0 Å². The predicted octanol–water partition coefficient (Wildman–Crippen LogP) is 2.86. The SMILES string of the molecule is O=C(N[C@H]1CN2CCC1CC2)c1cc2c(F)cccc2s1. The molecule has 5 heteroatoms. The van der Waals surface area contributed by atoms with Crippen LogP contribution >= 0.6 is 11.3 Å². The van der Waals surface area contributed by atoms with Crippen LogP contribution in [-0.2, 0) is 0 Å². The number of rotatable bonds is 2. The van der Waals surface area contributed by atoms with E-state index in [1.54, 1.807) is 12.1 Å². The molecule has 110 valence electrons. The van der Waals surface area contributed by atoms with Crippen LogP contribution in [0.2, 0.25) is 0 Å². The number of hydrogen-bond donors (Lipinski definition) is 1. The fraction of sp³-hybridized carbons (Fsp3) is 0.438. The van der Waals surface area contributed by atoms with Crippen molar-refractivity contribution in [1.29, 1.82) is 0 Å². The highest BCUT2D eigenvalue weighted by molar-refractivity contribution is 7.20. The predicted molar refractivity (Wildman–Crippen MR) is 82.2 cm³/mol. The van der Waals surface area contributed by atoms with Crippen molar-refractivity contribution in [1.82, 2.24) is 10.2 Å². The third-order valence-electron chi connectivity index (χ3n) is 4.70. The van der Waals surface area contributed by atoms with Crippen molar-refractivity contribution in [3.8, 4) is 0 Å². The molecule has 2 aromatic rings. The first-order valence-corrected chi connectivity index (χ1v) is 8.23. The maximum absolute atomic E-state index is 13.7. The van der Waals surface area contributed by atoms with Gasteiger partial charge in [0.2, 0.25) is 0 Å². The molecule has 1 atom stereocenters. The molecule has 1 N–H and O–H groups in total. The Bertz CT molecular complexity index is 691. The Hall–Kier alpha value is -1.46. The summed E-state index contributed by atoms with van der Waals surface area (Å²) in [6.45, 7) is 3.27. The molecule has 2 bridgehead atoms. The molecule has 5 rings (SSSR count). The molecular weight excluding hydrogens is 287 g/mol. The molecular formula is C16H17FN2OS. The van der Waals surface area contributed by atoms with Crippen LogP contribution in [0.5, 0.6) is 0 Å². The van der Waals surface area contributed by atoms with Gasteiger partial charge in [0.15, 0.2) is 0 Å². The number of halogens is 1. The maximum atomic E-state index is 13.7. The van der Waals surface area contributed by atoms with Crippen LogP contribution < -0.4 is 5.32 Å². The van der Waals surface area contributed by atoms with Crippen LogP contribution in [-0.4, -0.2) is 36.5 Å². The first-order valence-electron chi connectivity index (χ1n) is 7.42. The van der Waals surface area contributed by atoms with Gasteiger partial charge >= 0.3 is 0 Å². The van der Waals surface area contributed by atoms with Crippen molar-refractivity contribution in [2.45, 2.75) is 18.9 Å². The minimum atomic E-state index is -0.259. The van der Waals surface area contributed by atoms with Crippen LogP contribution in [0.1, 0.15) is 22.5 Å². The third-order valence-corrected chi connectivity index (χ3v) is 5.80. The van der Waals surface area contributed by atoms with Gasteiger partial charge < -0.3 is 10.2 Å². The summed E-state index contributed by atoms with van der Waals surface area (Å²) < 4.78 is 14.5. The Morgan fingerprint density at radius 1 is 1.33 bits per heavy atom. The van der Waals surface area contributed by atoms with Gasteiger partial charge in [0.25, 0.3) is 5.91 Å². The lowest BCUT2D eigenvalue weighted by Crippen LogP contribution is -2.57. The summed E-state index contributed by atoms with van der Waals surface area (Å²) in [5.74, 6) is 0.282. The standard InChI is InChI=1S/C16H17FN2OS/c17-12-2-1-3-14-11(12)8-15(21-14)16(20)18-13-9-19-6-4-10(13)5-7-19/h1-3,8,10,13H,4-7,9H2,(H,18,20)/t13-/m0/s1.